The van der Waals surface area contributed by atoms with Crippen LogP contribution in [0.3, 0.4) is 0 Å². The van der Waals surface area contributed by atoms with Gasteiger partial charge in [0.25, 0.3) is 11.8 Å². The Balaban J connectivity index is 1.56. The molecule has 3 aromatic rings. The summed E-state index contributed by atoms with van der Waals surface area (Å²) in [7, 11) is 0. The average molecular weight is 452 g/mol. The number of amides is 2. The van der Waals surface area contributed by atoms with E-state index in [1.165, 1.54) is 12.1 Å². The normalized spacial score (nSPS) is 14.8. The molecule has 33 heavy (non-hydrogen) atoms. The van der Waals surface area contributed by atoms with Gasteiger partial charge in [0.15, 0.2) is 0 Å². The predicted molar refractivity (Wildman–Crippen MR) is 119 cm³/mol. The summed E-state index contributed by atoms with van der Waals surface area (Å²) >= 11 is 0. The van der Waals surface area contributed by atoms with Crippen LogP contribution in [0.2, 0.25) is 0 Å². The largest absolute Gasteiger partial charge is 0.373 e. The third-order valence-electron chi connectivity index (χ3n) is 5.71. The van der Waals surface area contributed by atoms with E-state index in [-0.39, 0.29) is 36.3 Å². The summed E-state index contributed by atoms with van der Waals surface area (Å²) in [5.74, 6) is -0.426. The Morgan fingerprint density at radius 1 is 1.15 bits per heavy atom. The zero-order chi connectivity index (χ0) is 23.4. The number of benzene rings is 1. The van der Waals surface area contributed by atoms with Gasteiger partial charge in [-0.05, 0) is 43.2 Å². The Labute approximate surface area is 191 Å². The fourth-order valence-corrected chi connectivity index (χ4v) is 3.89. The van der Waals surface area contributed by atoms with Crippen molar-refractivity contribution in [3.63, 3.8) is 0 Å². The van der Waals surface area contributed by atoms with E-state index in [0.29, 0.717) is 42.3 Å². The van der Waals surface area contributed by atoms with Crippen LogP contribution < -0.4 is 10.6 Å². The molecule has 0 bridgehead atoms. The maximum absolute atomic E-state index is 13.2. The summed E-state index contributed by atoms with van der Waals surface area (Å²) in [6, 6.07) is 8.63. The number of aromatic nitrogens is 3. The van der Waals surface area contributed by atoms with Gasteiger partial charge in [0.2, 0.25) is 0 Å². The van der Waals surface area contributed by atoms with E-state index < -0.39 is 0 Å². The fourth-order valence-electron chi connectivity index (χ4n) is 3.89. The van der Waals surface area contributed by atoms with E-state index in [4.69, 9.17) is 4.74 Å². The van der Waals surface area contributed by atoms with Gasteiger partial charge < -0.3 is 19.9 Å². The highest BCUT2D eigenvalue weighted by atomic mass is 19.1. The van der Waals surface area contributed by atoms with E-state index in [1.807, 2.05) is 18.4 Å². The molecular formula is C24H26FN5O3. The molecule has 3 heterocycles. The van der Waals surface area contributed by atoms with Crippen LogP contribution >= 0.6 is 0 Å². The maximum Gasteiger partial charge on any atom is 0.268 e. The molecule has 2 amide bonds. The summed E-state index contributed by atoms with van der Waals surface area (Å²) in [6.07, 6.45) is 3.89. The van der Waals surface area contributed by atoms with Gasteiger partial charge in [0.1, 0.15) is 17.3 Å². The molecule has 172 valence electrons. The van der Waals surface area contributed by atoms with Gasteiger partial charge in [0, 0.05) is 18.9 Å². The number of nitrogens with one attached hydrogen (secondary N) is 2. The third kappa shape index (κ3) is 4.93. The summed E-state index contributed by atoms with van der Waals surface area (Å²) in [4.78, 5) is 34.8. The minimum absolute atomic E-state index is 0.238. The second-order valence-corrected chi connectivity index (χ2v) is 7.88. The summed E-state index contributed by atoms with van der Waals surface area (Å²) in [5, 5.41) is 5.91. The van der Waals surface area contributed by atoms with Gasteiger partial charge in [-0.2, -0.15) is 0 Å². The smallest absolute Gasteiger partial charge is 0.268 e. The maximum atomic E-state index is 13.2. The lowest BCUT2D eigenvalue weighted by atomic mass is 10.1. The quantitative estimate of drug-likeness (QED) is 0.574. The number of carbonyl (C=O) groups is 2. The average Bonchev–Trinajstić information content (AvgIpc) is 3.23. The van der Waals surface area contributed by atoms with Gasteiger partial charge in [-0.3, -0.25) is 9.59 Å². The number of fused-ring (bicyclic) bond motifs is 1. The first kappa shape index (κ1) is 22.6. The Hall–Kier alpha value is -3.59. The highest BCUT2D eigenvalue weighted by Gasteiger charge is 2.28. The van der Waals surface area contributed by atoms with Crippen LogP contribution in [0.15, 0.2) is 48.8 Å². The Kier molecular flexibility index (Phi) is 6.79. The summed E-state index contributed by atoms with van der Waals surface area (Å²) in [5.41, 5.74) is 2.22. The minimum Gasteiger partial charge on any atom is -0.373 e. The molecule has 1 aromatic carbocycles. The van der Waals surface area contributed by atoms with Crippen molar-refractivity contribution in [3.8, 4) is 0 Å². The van der Waals surface area contributed by atoms with Crippen molar-refractivity contribution >= 4 is 11.8 Å². The zero-order valence-electron chi connectivity index (χ0n) is 18.5. The molecule has 9 heteroatoms. The topological polar surface area (TPSA) is 98.1 Å². The number of nitrogens with zero attached hydrogens (tertiary/aromatic N) is 3. The van der Waals surface area contributed by atoms with Gasteiger partial charge in [-0.25, -0.2) is 14.4 Å². The number of halogens is 1. The van der Waals surface area contributed by atoms with E-state index in [2.05, 4.69) is 20.6 Å². The molecule has 4 rings (SSSR count). The molecule has 0 radical (unpaired) electrons. The lowest BCUT2D eigenvalue weighted by Crippen LogP contribution is -2.31. The molecule has 1 aliphatic rings. The molecule has 2 atom stereocenters. The van der Waals surface area contributed by atoms with Crippen molar-refractivity contribution < 1.29 is 18.7 Å². The number of hydrogen-bond acceptors (Lipinski definition) is 5. The van der Waals surface area contributed by atoms with E-state index in [9.17, 15) is 14.0 Å². The summed E-state index contributed by atoms with van der Waals surface area (Å²) < 4.78 is 20.6. The minimum atomic E-state index is -0.352. The van der Waals surface area contributed by atoms with Gasteiger partial charge in [0.05, 0.1) is 36.6 Å². The van der Waals surface area contributed by atoms with Crippen LogP contribution in [0.25, 0.3) is 0 Å². The Morgan fingerprint density at radius 2 is 1.88 bits per heavy atom. The van der Waals surface area contributed by atoms with Crippen LogP contribution in [0.5, 0.6) is 0 Å². The first-order chi connectivity index (χ1) is 16.0. The van der Waals surface area contributed by atoms with Crippen LogP contribution in [-0.2, 0) is 17.9 Å². The Morgan fingerprint density at radius 3 is 2.58 bits per heavy atom. The van der Waals surface area contributed by atoms with Crippen molar-refractivity contribution in [2.75, 3.05) is 6.61 Å². The predicted octanol–water partition coefficient (Wildman–Crippen LogP) is 3.32. The van der Waals surface area contributed by atoms with Crippen molar-refractivity contribution in [1.82, 2.24) is 25.2 Å². The van der Waals surface area contributed by atoms with Crippen molar-refractivity contribution in [3.05, 3.63) is 82.9 Å². The first-order valence-electron chi connectivity index (χ1n) is 10.9. The van der Waals surface area contributed by atoms with Crippen LogP contribution in [0, 0.1) is 5.82 Å². The number of hydrogen-bond donors (Lipinski definition) is 2. The van der Waals surface area contributed by atoms with Crippen molar-refractivity contribution in [1.29, 1.82) is 0 Å². The number of rotatable bonds is 7. The zero-order valence-corrected chi connectivity index (χ0v) is 18.5. The molecule has 0 fully saturated rings. The first-order valence-corrected chi connectivity index (χ1v) is 10.9. The van der Waals surface area contributed by atoms with Crippen LogP contribution in [-0.4, -0.2) is 33.0 Å². The molecular weight excluding hydrogens is 425 g/mol. The molecule has 0 saturated heterocycles. The van der Waals surface area contributed by atoms with E-state index in [0.717, 1.165) is 5.56 Å². The second-order valence-electron chi connectivity index (χ2n) is 7.88. The van der Waals surface area contributed by atoms with Gasteiger partial charge in [-0.15, -0.1) is 0 Å². The fraction of sp³-hybridized carbons (Fsp3) is 0.333. The molecule has 2 aromatic heterocycles. The highest BCUT2D eigenvalue weighted by Crippen LogP contribution is 2.23. The standard InChI is InChI=1S/C24H26FN5O3/c1-3-19(22-26-9-4-10-27-22)29-23(31)18-13-20(30-11-12-33-14-21(18)30)24(32)28-15(2)16-5-7-17(25)8-6-16/h4-10,13,15,19H,3,11-12,14H2,1-2H3,(H,28,32)(H,29,31)/t15-,19+/m0/s1. The monoisotopic (exact) mass is 451 g/mol. The SMILES string of the molecule is CC[C@@H](NC(=O)c1cc(C(=O)N[C@@H](C)c2ccc(F)cc2)n2c1COCC2)c1ncccn1. The summed E-state index contributed by atoms with van der Waals surface area (Å²) in [6.45, 7) is 4.92. The van der Waals surface area contributed by atoms with Crippen LogP contribution in [0.4, 0.5) is 4.39 Å². The van der Waals surface area contributed by atoms with E-state index in [1.54, 1.807) is 36.7 Å². The lowest BCUT2D eigenvalue weighted by molar-refractivity contribution is 0.0774. The van der Waals surface area contributed by atoms with Crippen molar-refractivity contribution in [2.45, 2.75) is 45.5 Å². The Bertz CT molecular complexity index is 1130. The van der Waals surface area contributed by atoms with Gasteiger partial charge in [-0.1, -0.05) is 19.1 Å². The molecule has 0 unspecified atom stereocenters. The second kappa shape index (κ2) is 9.91. The van der Waals surface area contributed by atoms with Gasteiger partial charge >= 0.3 is 0 Å². The van der Waals surface area contributed by atoms with E-state index >= 15 is 0 Å². The van der Waals surface area contributed by atoms with Crippen LogP contribution in [0.1, 0.15) is 70.3 Å². The number of ether oxygens (including phenoxy) is 1. The highest BCUT2D eigenvalue weighted by molar-refractivity contribution is 6.01. The molecule has 2 N–H and O–H groups in total. The molecule has 8 nitrogen and oxygen atoms in total. The molecule has 0 spiro atoms. The lowest BCUT2D eigenvalue weighted by Gasteiger charge is -2.21. The van der Waals surface area contributed by atoms with Crippen molar-refractivity contribution in [2.24, 2.45) is 0 Å². The molecule has 0 saturated carbocycles. The molecule has 0 aliphatic carbocycles. The third-order valence-corrected chi connectivity index (χ3v) is 5.71. The molecule has 1 aliphatic heterocycles. The number of carbonyl (C=O) groups excluding carboxylic acids is 2.